The summed E-state index contributed by atoms with van der Waals surface area (Å²) in [5, 5.41) is 3.13. The maximum atomic E-state index is 13.0. The fraction of sp³-hybridized carbons (Fsp3) is 0.636. The number of benzene rings is 1. The summed E-state index contributed by atoms with van der Waals surface area (Å²) >= 11 is 0. The molecule has 1 saturated carbocycles. The van der Waals surface area contributed by atoms with Crippen LogP contribution in [0.5, 0.6) is 0 Å². The van der Waals surface area contributed by atoms with Gasteiger partial charge in [0.25, 0.3) is 0 Å². The lowest BCUT2D eigenvalue weighted by molar-refractivity contribution is -0.141. The normalized spacial score (nSPS) is 27.5. The van der Waals surface area contributed by atoms with Crippen LogP contribution in [0.15, 0.2) is 24.3 Å². The van der Waals surface area contributed by atoms with Crippen LogP contribution < -0.4 is 5.32 Å². The Bertz CT molecular complexity index is 706. The molecule has 1 aromatic carbocycles. The molecule has 0 radical (unpaired) electrons. The van der Waals surface area contributed by atoms with Gasteiger partial charge >= 0.3 is 0 Å². The van der Waals surface area contributed by atoms with Crippen molar-refractivity contribution in [2.45, 2.75) is 51.0 Å². The highest BCUT2D eigenvalue weighted by Crippen LogP contribution is 2.48. The number of carbonyl (C=O) groups excluding carboxylic acids is 2. The summed E-state index contributed by atoms with van der Waals surface area (Å²) < 4.78 is 0. The van der Waals surface area contributed by atoms with Crippen LogP contribution in [0.1, 0.15) is 56.1 Å². The van der Waals surface area contributed by atoms with E-state index in [1.54, 1.807) is 0 Å². The molecule has 2 amide bonds. The molecule has 2 aliphatic heterocycles. The Labute approximate surface area is 174 Å². The Balaban J connectivity index is 0.00000225. The molecule has 0 spiro atoms. The third kappa shape index (κ3) is 4.36. The number of nitrogens with zero attached hydrogens (tertiary/aromatic N) is 2. The topological polar surface area (TPSA) is 52.7 Å². The zero-order chi connectivity index (χ0) is 19.0. The molecule has 1 aromatic rings. The molecule has 3 atom stereocenters. The van der Waals surface area contributed by atoms with Crippen LogP contribution in [-0.4, -0.2) is 60.4 Å². The molecule has 4 rings (SSSR count). The van der Waals surface area contributed by atoms with Crippen molar-refractivity contribution in [2.75, 3.05) is 32.7 Å². The summed E-state index contributed by atoms with van der Waals surface area (Å²) in [4.78, 5) is 29.2. The first-order valence-corrected chi connectivity index (χ1v) is 10.4. The van der Waals surface area contributed by atoms with E-state index in [0.29, 0.717) is 30.8 Å². The van der Waals surface area contributed by atoms with Gasteiger partial charge in [-0.25, -0.2) is 0 Å². The second kappa shape index (κ2) is 8.83. The molecule has 0 bridgehead atoms. The highest BCUT2D eigenvalue weighted by Gasteiger charge is 2.46. The minimum Gasteiger partial charge on any atom is -0.340 e. The van der Waals surface area contributed by atoms with Crippen molar-refractivity contribution < 1.29 is 9.59 Å². The number of hydrogen-bond donors (Lipinski definition) is 1. The van der Waals surface area contributed by atoms with E-state index in [2.05, 4.69) is 43.4 Å². The molecule has 2 heterocycles. The SMILES string of the molecule is CC(C)c1ccc(C2CC2C(=O)N2CCCC(N3CCNCC3=O)C2)cc1.Cl. The predicted molar refractivity (Wildman–Crippen MR) is 113 cm³/mol. The zero-order valence-electron chi connectivity index (χ0n) is 16.9. The van der Waals surface area contributed by atoms with Crippen LogP contribution in [-0.2, 0) is 9.59 Å². The van der Waals surface area contributed by atoms with Crippen molar-refractivity contribution in [3.8, 4) is 0 Å². The second-order valence-electron chi connectivity index (χ2n) is 8.61. The number of carbonyl (C=O) groups is 2. The Morgan fingerprint density at radius 3 is 2.61 bits per heavy atom. The summed E-state index contributed by atoms with van der Waals surface area (Å²) in [6.45, 7) is 8.00. The van der Waals surface area contributed by atoms with Crippen molar-refractivity contribution >= 4 is 24.2 Å². The number of halogens is 1. The monoisotopic (exact) mass is 405 g/mol. The Morgan fingerprint density at radius 1 is 1.18 bits per heavy atom. The van der Waals surface area contributed by atoms with E-state index >= 15 is 0 Å². The fourth-order valence-corrected chi connectivity index (χ4v) is 4.62. The number of nitrogens with one attached hydrogen (secondary N) is 1. The first-order valence-electron chi connectivity index (χ1n) is 10.4. The maximum absolute atomic E-state index is 13.0. The third-order valence-electron chi connectivity index (χ3n) is 6.41. The summed E-state index contributed by atoms with van der Waals surface area (Å²) in [5.41, 5.74) is 2.64. The quantitative estimate of drug-likeness (QED) is 0.837. The summed E-state index contributed by atoms with van der Waals surface area (Å²) in [7, 11) is 0. The van der Waals surface area contributed by atoms with Crippen molar-refractivity contribution in [2.24, 2.45) is 5.92 Å². The number of piperazine rings is 1. The van der Waals surface area contributed by atoms with Crippen molar-refractivity contribution in [1.82, 2.24) is 15.1 Å². The van der Waals surface area contributed by atoms with Crippen molar-refractivity contribution in [3.63, 3.8) is 0 Å². The Kier molecular flexibility index (Phi) is 6.66. The van der Waals surface area contributed by atoms with Crippen LogP contribution in [0.2, 0.25) is 0 Å². The molecule has 2 saturated heterocycles. The average molecular weight is 406 g/mol. The molecule has 28 heavy (non-hydrogen) atoms. The molecule has 1 aliphatic carbocycles. The van der Waals surface area contributed by atoms with E-state index in [-0.39, 0.29) is 30.3 Å². The van der Waals surface area contributed by atoms with Gasteiger partial charge in [-0.3, -0.25) is 9.59 Å². The van der Waals surface area contributed by atoms with E-state index in [1.807, 2.05) is 9.80 Å². The predicted octanol–water partition coefficient (Wildman–Crippen LogP) is 2.76. The minimum atomic E-state index is 0. The Hall–Kier alpha value is -1.59. The van der Waals surface area contributed by atoms with Gasteiger partial charge in [0.15, 0.2) is 0 Å². The van der Waals surface area contributed by atoms with Gasteiger partial charge in [-0.15, -0.1) is 12.4 Å². The van der Waals surface area contributed by atoms with Crippen molar-refractivity contribution in [1.29, 1.82) is 0 Å². The Morgan fingerprint density at radius 2 is 1.93 bits per heavy atom. The van der Waals surface area contributed by atoms with Crippen LogP contribution in [0.3, 0.4) is 0 Å². The highest BCUT2D eigenvalue weighted by molar-refractivity contribution is 5.85. The smallest absolute Gasteiger partial charge is 0.236 e. The van der Waals surface area contributed by atoms with Gasteiger partial charge in [0.2, 0.25) is 11.8 Å². The van der Waals surface area contributed by atoms with E-state index in [0.717, 1.165) is 38.9 Å². The van der Waals surface area contributed by atoms with Gasteiger partial charge in [-0.1, -0.05) is 38.1 Å². The molecule has 1 N–H and O–H groups in total. The molecule has 154 valence electrons. The summed E-state index contributed by atoms with van der Waals surface area (Å²) in [6.07, 6.45) is 2.97. The molecule has 3 aliphatic rings. The van der Waals surface area contributed by atoms with Crippen LogP contribution in [0, 0.1) is 5.92 Å². The molecular weight excluding hydrogens is 374 g/mol. The first-order chi connectivity index (χ1) is 13.0. The van der Waals surface area contributed by atoms with E-state index < -0.39 is 0 Å². The number of amides is 2. The largest absolute Gasteiger partial charge is 0.340 e. The van der Waals surface area contributed by atoms with Crippen LogP contribution in [0.25, 0.3) is 0 Å². The van der Waals surface area contributed by atoms with Crippen LogP contribution in [0.4, 0.5) is 0 Å². The van der Waals surface area contributed by atoms with Gasteiger partial charge in [-0.05, 0) is 42.2 Å². The molecular formula is C22H32ClN3O2. The van der Waals surface area contributed by atoms with E-state index in [9.17, 15) is 9.59 Å². The molecule has 0 aromatic heterocycles. The third-order valence-corrected chi connectivity index (χ3v) is 6.41. The van der Waals surface area contributed by atoms with Gasteiger partial charge in [0.1, 0.15) is 0 Å². The highest BCUT2D eigenvalue weighted by atomic mass is 35.5. The van der Waals surface area contributed by atoms with Crippen molar-refractivity contribution in [3.05, 3.63) is 35.4 Å². The standard InChI is InChI=1S/C22H31N3O2.ClH/c1-15(2)16-5-7-17(8-6-16)19-12-20(19)22(27)24-10-3-4-18(14-24)25-11-9-23-13-21(25)26;/h5-8,15,18-20,23H,3-4,9-14H2,1-2H3;1H. The van der Waals surface area contributed by atoms with Crippen LogP contribution >= 0.6 is 12.4 Å². The number of hydrogen-bond acceptors (Lipinski definition) is 3. The molecule has 3 unspecified atom stereocenters. The minimum absolute atomic E-state index is 0. The lowest BCUT2D eigenvalue weighted by Crippen LogP contribution is -2.57. The zero-order valence-corrected chi connectivity index (χ0v) is 17.7. The maximum Gasteiger partial charge on any atom is 0.236 e. The average Bonchev–Trinajstić information content (AvgIpc) is 3.49. The lowest BCUT2D eigenvalue weighted by atomic mass is 9.99. The number of rotatable bonds is 4. The van der Waals surface area contributed by atoms with E-state index in [1.165, 1.54) is 11.1 Å². The fourth-order valence-electron chi connectivity index (χ4n) is 4.62. The summed E-state index contributed by atoms with van der Waals surface area (Å²) in [6, 6.07) is 9.00. The number of piperidine rings is 1. The number of likely N-dealkylation sites (tertiary alicyclic amines) is 1. The van der Waals surface area contributed by atoms with Gasteiger partial charge in [0, 0.05) is 38.1 Å². The molecule has 3 fully saturated rings. The first kappa shape index (κ1) is 21.1. The van der Waals surface area contributed by atoms with E-state index in [4.69, 9.17) is 0 Å². The van der Waals surface area contributed by atoms with Gasteiger partial charge in [-0.2, -0.15) is 0 Å². The molecule has 5 nitrogen and oxygen atoms in total. The van der Waals surface area contributed by atoms with Gasteiger partial charge in [0.05, 0.1) is 6.54 Å². The second-order valence-corrected chi connectivity index (χ2v) is 8.61. The summed E-state index contributed by atoms with van der Waals surface area (Å²) in [5.74, 6) is 1.51. The lowest BCUT2D eigenvalue weighted by Gasteiger charge is -2.41. The molecule has 6 heteroatoms. The van der Waals surface area contributed by atoms with Gasteiger partial charge < -0.3 is 15.1 Å².